The predicted molar refractivity (Wildman–Crippen MR) is 64.4 cm³/mol. The quantitative estimate of drug-likeness (QED) is 0.606. The van der Waals surface area contributed by atoms with E-state index in [9.17, 15) is 4.79 Å². The molecule has 1 heterocycles. The maximum Gasteiger partial charge on any atom is 0.281 e. The number of carbonyl (C=O) groups is 1. The van der Waals surface area contributed by atoms with Crippen molar-refractivity contribution in [1.82, 2.24) is 5.43 Å². The molecule has 0 aromatic carbocycles. The predicted octanol–water partition coefficient (Wildman–Crippen LogP) is 3.04. The van der Waals surface area contributed by atoms with Crippen LogP contribution in [0.4, 0.5) is 0 Å². The van der Waals surface area contributed by atoms with Gasteiger partial charge >= 0.3 is 0 Å². The van der Waals surface area contributed by atoms with E-state index in [-0.39, 0.29) is 5.91 Å². The standard InChI is InChI=1S/C11H16N2OS/c1-3-4-6-9(2)12-13-11(14)10-7-5-8-15-10/h5,7-8H,3-4,6H2,1-2H3,(H,13,14)/b12-9-. The second-order valence-corrected chi connectivity index (χ2v) is 4.32. The average molecular weight is 224 g/mol. The van der Waals surface area contributed by atoms with Crippen molar-refractivity contribution >= 4 is 23.0 Å². The summed E-state index contributed by atoms with van der Waals surface area (Å²) in [5.41, 5.74) is 3.53. The Bertz CT molecular complexity index is 330. The molecule has 3 nitrogen and oxygen atoms in total. The maximum atomic E-state index is 11.5. The molecular formula is C11H16N2OS. The van der Waals surface area contributed by atoms with Crippen molar-refractivity contribution in [3.8, 4) is 0 Å². The van der Waals surface area contributed by atoms with Crippen LogP contribution in [0.3, 0.4) is 0 Å². The van der Waals surface area contributed by atoms with E-state index in [0.29, 0.717) is 4.88 Å². The largest absolute Gasteiger partial charge is 0.281 e. The minimum Gasteiger partial charge on any atom is -0.266 e. The Hall–Kier alpha value is -1.16. The minimum absolute atomic E-state index is 0.124. The second-order valence-electron chi connectivity index (χ2n) is 3.37. The van der Waals surface area contributed by atoms with Gasteiger partial charge in [0.15, 0.2) is 0 Å². The zero-order valence-electron chi connectivity index (χ0n) is 9.12. The van der Waals surface area contributed by atoms with Crippen LogP contribution in [0.15, 0.2) is 22.6 Å². The number of hydrogen-bond donors (Lipinski definition) is 1. The summed E-state index contributed by atoms with van der Waals surface area (Å²) in [6.07, 6.45) is 3.21. The van der Waals surface area contributed by atoms with Crippen molar-refractivity contribution in [1.29, 1.82) is 0 Å². The van der Waals surface area contributed by atoms with Crippen molar-refractivity contribution in [3.05, 3.63) is 22.4 Å². The molecule has 1 rings (SSSR count). The molecular weight excluding hydrogens is 208 g/mol. The third-order valence-corrected chi connectivity index (χ3v) is 2.85. The van der Waals surface area contributed by atoms with Gasteiger partial charge in [-0.15, -0.1) is 11.3 Å². The zero-order chi connectivity index (χ0) is 11.1. The molecule has 0 saturated heterocycles. The Balaban J connectivity index is 2.39. The first kappa shape index (κ1) is 11.9. The van der Waals surface area contributed by atoms with Gasteiger partial charge in [-0.05, 0) is 31.2 Å². The van der Waals surface area contributed by atoms with Crippen molar-refractivity contribution in [2.24, 2.45) is 5.10 Å². The van der Waals surface area contributed by atoms with Gasteiger partial charge in [-0.3, -0.25) is 4.79 Å². The van der Waals surface area contributed by atoms with Gasteiger partial charge < -0.3 is 0 Å². The Morgan fingerprint density at radius 3 is 3.00 bits per heavy atom. The second kappa shape index (κ2) is 6.35. The third-order valence-electron chi connectivity index (χ3n) is 1.99. The first-order valence-electron chi connectivity index (χ1n) is 5.11. The lowest BCUT2D eigenvalue weighted by Crippen LogP contribution is -2.17. The van der Waals surface area contributed by atoms with Crippen LogP contribution in [0.25, 0.3) is 0 Å². The van der Waals surface area contributed by atoms with Gasteiger partial charge in [0.05, 0.1) is 4.88 Å². The molecule has 0 bridgehead atoms. The molecule has 0 aliphatic rings. The molecule has 0 radical (unpaired) electrons. The molecule has 1 amide bonds. The molecule has 1 aromatic rings. The highest BCUT2D eigenvalue weighted by atomic mass is 32.1. The van der Waals surface area contributed by atoms with Crippen LogP contribution in [-0.4, -0.2) is 11.6 Å². The third kappa shape index (κ3) is 4.25. The number of nitrogens with one attached hydrogen (secondary N) is 1. The Morgan fingerprint density at radius 2 is 2.40 bits per heavy atom. The first-order chi connectivity index (χ1) is 7.24. The SMILES string of the molecule is CCCC/C(C)=N\NC(=O)c1cccs1. The van der Waals surface area contributed by atoms with Crippen LogP contribution in [0, 0.1) is 0 Å². The number of carbonyl (C=O) groups excluding carboxylic acids is 1. The van der Waals surface area contributed by atoms with Gasteiger partial charge in [0, 0.05) is 5.71 Å². The molecule has 0 fully saturated rings. The molecule has 15 heavy (non-hydrogen) atoms. The monoisotopic (exact) mass is 224 g/mol. The zero-order valence-corrected chi connectivity index (χ0v) is 9.93. The molecule has 1 aromatic heterocycles. The topological polar surface area (TPSA) is 41.5 Å². The van der Waals surface area contributed by atoms with Crippen molar-refractivity contribution < 1.29 is 4.79 Å². The minimum atomic E-state index is -0.124. The summed E-state index contributed by atoms with van der Waals surface area (Å²) in [4.78, 5) is 12.2. The van der Waals surface area contributed by atoms with Crippen LogP contribution in [0.5, 0.6) is 0 Å². The Labute approximate surface area is 94.2 Å². The molecule has 4 heteroatoms. The lowest BCUT2D eigenvalue weighted by atomic mass is 10.2. The van der Waals surface area contributed by atoms with Crippen LogP contribution >= 0.6 is 11.3 Å². The number of hydrazone groups is 1. The molecule has 0 aliphatic carbocycles. The molecule has 0 aliphatic heterocycles. The molecule has 0 saturated carbocycles. The van der Waals surface area contributed by atoms with Gasteiger partial charge in [-0.1, -0.05) is 19.4 Å². The summed E-state index contributed by atoms with van der Waals surface area (Å²) in [5.74, 6) is -0.124. The highest BCUT2D eigenvalue weighted by molar-refractivity contribution is 7.12. The van der Waals surface area contributed by atoms with Crippen molar-refractivity contribution in [2.75, 3.05) is 0 Å². The van der Waals surface area contributed by atoms with Gasteiger partial charge in [0.2, 0.25) is 0 Å². The van der Waals surface area contributed by atoms with Crippen molar-refractivity contribution in [3.63, 3.8) is 0 Å². The van der Waals surface area contributed by atoms with Crippen LogP contribution in [-0.2, 0) is 0 Å². The summed E-state index contributed by atoms with van der Waals surface area (Å²) < 4.78 is 0. The van der Waals surface area contributed by atoms with E-state index in [0.717, 1.165) is 25.0 Å². The normalized spacial score (nSPS) is 11.5. The molecule has 82 valence electrons. The number of thiophene rings is 1. The number of amides is 1. The number of unbranched alkanes of at least 4 members (excludes halogenated alkanes) is 1. The fourth-order valence-electron chi connectivity index (χ4n) is 1.10. The van der Waals surface area contributed by atoms with Crippen LogP contribution in [0.1, 0.15) is 42.8 Å². The summed E-state index contributed by atoms with van der Waals surface area (Å²) in [6.45, 7) is 4.07. The summed E-state index contributed by atoms with van der Waals surface area (Å²) in [5, 5.41) is 5.92. The number of nitrogens with zero attached hydrogens (tertiary/aromatic N) is 1. The van der Waals surface area contributed by atoms with Gasteiger partial charge in [0.1, 0.15) is 0 Å². The highest BCUT2D eigenvalue weighted by Crippen LogP contribution is 2.07. The fraction of sp³-hybridized carbons (Fsp3) is 0.455. The van der Waals surface area contributed by atoms with Gasteiger partial charge in [0.25, 0.3) is 5.91 Å². The van der Waals surface area contributed by atoms with Gasteiger partial charge in [-0.25, -0.2) is 5.43 Å². The first-order valence-corrected chi connectivity index (χ1v) is 5.99. The van der Waals surface area contributed by atoms with E-state index < -0.39 is 0 Å². The summed E-state index contributed by atoms with van der Waals surface area (Å²) in [6, 6.07) is 3.64. The van der Waals surface area contributed by atoms with Crippen LogP contribution < -0.4 is 5.43 Å². The molecule has 1 N–H and O–H groups in total. The summed E-state index contributed by atoms with van der Waals surface area (Å²) >= 11 is 1.42. The smallest absolute Gasteiger partial charge is 0.266 e. The Morgan fingerprint density at radius 1 is 1.60 bits per heavy atom. The summed E-state index contributed by atoms with van der Waals surface area (Å²) in [7, 11) is 0. The van der Waals surface area contributed by atoms with E-state index >= 15 is 0 Å². The molecule has 0 spiro atoms. The van der Waals surface area contributed by atoms with E-state index in [1.165, 1.54) is 11.3 Å². The van der Waals surface area contributed by atoms with Crippen LogP contribution in [0.2, 0.25) is 0 Å². The number of hydrogen-bond acceptors (Lipinski definition) is 3. The van der Waals surface area contributed by atoms with E-state index in [4.69, 9.17) is 0 Å². The fourth-order valence-corrected chi connectivity index (χ4v) is 1.71. The van der Waals surface area contributed by atoms with Gasteiger partial charge in [-0.2, -0.15) is 5.10 Å². The van der Waals surface area contributed by atoms with E-state index in [1.54, 1.807) is 6.07 Å². The Kier molecular flexibility index (Phi) is 5.04. The molecule has 0 atom stereocenters. The maximum absolute atomic E-state index is 11.5. The number of rotatable bonds is 5. The lowest BCUT2D eigenvalue weighted by molar-refractivity contribution is 0.0958. The van der Waals surface area contributed by atoms with Crippen molar-refractivity contribution in [2.45, 2.75) is 33.1 Å². The van der Waals surface area contributed by atoms with E-state index in [1.807, 2.05) is 18.4 Å². The highest BCUT2D eigenvalue weighted by Gasteiger charge is 2.04. The molecule has 0 unspecified atom stereocenters. The lowest BCUT2D eigenvalue weighted by Gasteiger charge is -2.00. The van der Waals surface area contributed by atoms with E-state index in [2.05, 4.69) is 17.5 Å². The average Bonchev–Trinajstić information content (AvgIpc) is 2.76.